The van der Waals surface area contributed by atoms with E-state index >= 15 is 0 Å². The molecule has 0 radical (unpaired) electrons. The highest BCUT2D eigenvalue weighted by atomic mass is 16.6. The predicted octanol–water partition coefficient (Wildman–Crippen LogP) is 19.4. The zero-order chi connectivity index (χ0) is 48.6. The smallest absolute Gasteiger partial charge is 0.306 e. The maximum Gasteiger partial charge on any atom is 0.306 e. The van der Waals surface area contributed by atoms with Gasteiger partial charge in [-0.25, -0.2) is 0 Å². The molecule has 1 unspecified atom stereocenters. The van der Waals surface area contributed by atoms with Crippen molar-refractivity contribution in [1.82, 2.24) is 0 Å². The number of rotatable bonds is 53. The Kier molecular flexibility index (Phi) is 53.8. The Bertz CT molecular complexity index is 1170. The summed E-state index contributed by atoms with van der Waals surface area (Å²) >= 11 is 0. The molecule has 6 heteroatoms. The monoisotopic (exact) mass is 939 g/mol. The zero-order valence-electron chi connectivity index (χ0n) is 44.7. The average Bonchev–Trinajstić information content (AvgIpc) is 3.33. The number of ether oxygens (including phenoxy) is 3. The lowest BCUT2D eigenvalue weighted by Crippen LogP contribution is -2.30. The van der Waals surface area contributed by atoms with Crippen molar-refractivity contribution in [3.63, 3.8) is 0 Å². The first kappa shape index (κ1) is 64.4. The molecule has 0 saturated heterocycles. The van der Waals surface area contributed by atoms with Crippen molar-refractivity contribution >= 4 is 17.9 Å². The molecule has 0 aromatic heterocycles. The number of hydrogen-bond acceptors (Lipinski definition) is 6. The van der Waals surface area contributed by atoms with Crippen molar-refractivity contribution in [1.29, 1.82) is 0 Å². The Labute approximate surface area is 416 Å². The van der Waals surface area contributed by atoms with E-state index in [2.05, 4.69) is 69.4 Å². The van der Waals surface area contributed by atoms with Gasteiger partial charge in [0.1, 0.15) is 13.2 Å². The topological polar surface area (TPSA) is 78.9 Å². The first-order chi connectivity index (χ1) is 33.0. The van der Waals surface area contributed by atoms with E-state index in [1.165, 1.54) is 180 Å². The quantitative estimate of drug-likeness (QED) is 0.0262. The van der Waals surface area contributed by atoms with Crippen LogP contribution in [0, 0.1) is 0 Å². The van der Waals surface area contributed by atoms with Crippen molar-refractivity contribution in [2.24, 2.45) is 0 Å². The molecule has 6 nitrogen and oxygen atoms in total. The van der Waals surface area contributed by atoms with Crippen LogP contribution in [-0.4, -0.2) is 37.2 Å². The lowest BCUT2D eigenvalue weighted by molar-refractivity contribution is -0.167. The van der Waals surface area contributed by atoms with Crippen LogP contribution in [0.4, 0.5) is 0 Å². The van der Waals surface area contributed by atoms with Gasteiger partial charge in [-0.05, 0) is 77.0 Å². The van der Waals surface area contributed by atoms with Crippen molar-refractivity contribution in [3.05, 3.63) is 48.6 Å². The molecule has 0 fully saturated rings. The molecule has 1 atom stereocenters. The minimum Gasteiger partial charge on any atom is -0.462 e. The van der Waals surface area contributed by atoms with Gasteiger partial charge in [-0.1, -0.05) is 256 Å². The highest BCUT2D eigenvalue weighted by Crippen LogP contribution is 2.16. The van der Waals surface area contributed by atoms with Gasteiger partial charge in [-0.3, -0.25) is 14.4 Å². The third-order valence-electron chi connectivity index (χ3n) is 12.8. The molecule has 390 valence electrons. The summed E-state index contributed by atoms with van der Waals surface area (Å²) in [5.41, 5.74) is 0. The molecule has 0 aliphatic rings. The number of hydrogen-bond donors (Lipinski definition) is 0. The summed E-state index contributed by atoms with van der Waals surface area (Å²) in [6, 6.07) is 0. The molecule has 0 N–H and O–H groups in total. The Morgan fingerprint density at radius 3 is 0.896 bits per heavy atom. The number of allylic oxidation sites excluding steroid dienone is 8. The van der Waals surface area contributed by atoms with E-state index in [0.29, 0.717) is 19.3 Å². The maximum absolute atomic E-state index is 12.9. The van der Waals surface area contributed by atoms with Crippen molar-refractivity contribution < 1.29 is 28.6 Å². The van der Waals surface area contributed by atoms with Crippen molar-refractivity contribution in [2.45, 2.75) is 309 Å². The van der Waals surface area contributed by atoms with Gasteiger partial charge in [0, 0.05) is 19.3 Å². The van der Waals surface area contributed by atoms with Crippen LogP contribution in [0.3, 0.4) is 0 Å². The number of unbranched alkanes of at least 4 members (excludes halogenated alkanes) is 34. The van der Waals surface area contributed by atoms with Gasteiger partial charge in [0.05, 0.1) is 0 Å². The van der Waals surface area contributed by atoms with Gasteiger partial charge in [0.2, 0.25) is 0 Å². The van der Waals surface area contributed by atoms with E-state index in [-0.39, 0.29) is 31.1 Å². The zero-order valence-corrected chi connectivity index (χ0v) is 44.7. The second kappa shape index (κ2) is 56.0. The van der Waals surface area contributed by atoms with Crippen LogP contribution >= 0.6 is 0 Å². The second-order valence-electron chi connectivity index (χ2n) is 19.6. The Morgan fingerprint density at radius 2 is 0.552 bits per heavy atom. The summed E-state index contributed by atoms with van der Waals surface area (Å²) in [5.74, 6) is -0.879. The minimum atomic E-state index is -0.778. The molecular formula is C61H110O6. The molecule has 0 bridgehead atoms. The molecule has 0 aromatic carbocycles. The van der Waals surface area contributed by atoms with Crippen LogP contribution in [0.1, 0.15) is 303 Å². The largest absolute Gasteiger partial charge is 0.462 e. The highest BCUT2D eigenvalue weighted by molar-refractivity contribution is 5.71. The van der Waals surface area contributed by atoms with Gasteiger partial charge >= 0.3 is 17.9 Å². The molecular weight excluding hydrogens is 829 g/mol. The fourth-order valence-corrected chi connectivity index (χ4v) is 8.37. The Balaban J connectivity index is 4.35. The van der Waals surface area contributed by atoms with Gasteiger partial charge in [0.25, 0.3) is 0 Å². The van der Waals surface area contributed by atoms with Gasteiger partial charge in [-0.2, -0.15) is 0 Å². The average molecular weight is 940 g/mol. The first-order valence-electron chi connectivity index (χ1n) is 29.1. The summed E-state index contributed by atoms with van der Waals surface area (Å²) in [6.07, 6.45) is 68.1. The maximum atomic E-state index is 12.9. The van der Waals surface area contributed by atoms with Crippen molar-refractivity contribution in [3.8, 4) is 0 Å². The number of esters is 3. The molecule has 0 heterocycles. The molecule has 0 amide bonds. The summed E-state index contributed by atoms with van der Waals surface area (Å²) in [7, 11) is 0. The minimum absolute atomic E-state index is 0.0770. The van der Waals surface area contributed by atoms with Crippen LogP contribution in [0.25, 0.3) is 0 Å². The predicted molar refractivity (Wildman–Crippen MR) is 289 cm³/mol. The molecule has 0 saturated carbocycles. The Morgan fingerprint density at radius 1 is 0.299 bits per heavy atom. The highest BCUT2D eigenvalue weighted by Gasteiger charge is 2.19. The SMILES string of the molecule is CCCC/C=C\C/C=C\CCCCCCCC(=O)OCC(COC(=O)CCCCCCCCCCC/C=C\C/C=C\CCCCC)OC(=O)CCCCCCCCCCCCCCCCCC. The summed E-state index contributed by atoms with van der Waals surface area (Å²) in [4.78, 5) is 38.2. The van der Waals surface area contributed by atoms with E-state index in [9.17, 15) is 14.4 Å². The molecule has 0 aliphatic heterocycles. The van der Waals surface area contributed by atoms with Gasteiger partial charge < -0.3 is 14.2 Å². The van der Waals surface area contributed by atoms with Crippen molar-refractivity contribution in [2.75, 3.05) is 13.2 Å². The van der Waals surface area contributed by atoms with Crippen LogP contribution in [0.15, 0.2) is 48.6 Å². The summed E-state index contributed by atoms with van der Waals surface area (Å²) in [6.45, 7) is 6.60. The lowest BCUT2D eigenvalue weighted by atomic mass is 10.0. The second-order valence-corrected chi connectivity index (χ2v) is 19.6. The Hall–Kier alpha value is -2.63. The molecule has 0 rings (SSSR count). The lowest BCUT2D eigenvalue weighted by Gasteiger charge is -2.18. The van der Waals surface area contributed by atoms with E-state index < -0.39 is 6.10 Å². The fourth-order valence-electron chi connectivity index (χ4n) is 8.37. The van der Waals surface area contributed by atoms with Crippen LogP contribution in [-0.2, 0) is 28.6 Å². The van der Waals surface area contributed by atoms with E-state index in [4.69, 9.17) is 14.2 Å². The van der Waals surface area contributed by atoms with Crippen LogP contribution in [0.5, 0.6) is 0 Å². The van der Waals surface area contributed by atoms with Crippen LogP contribution < -0.4 is 0 Å². The van der Waals surface area contributed by atoms with E-state index in [1.807, 2.05) is 0 Å². The molecule has 0 aromatic rings. The number of carbonyl (C=O) groups excluding carboxylic acids is 3. The molecule has 0 aliphatic carbocycles. The standard InChI is InChI=1S/C61H110O6/c1-4-7-10-13-16-19-22-25-28-30-31-32-34-36-39-42-45-48-51-54-60(63)66-57-58(56-65-59(62)53-50-47-44-41-38-35-27-24-21-18-15-12-9-6-3)67-61(64)55-52-49-46-43-40-37-33-29-26-23-20-17-14-11-8-5-2/h15-16,18-19,24-25,27-28,58H,4-14,17,20-23,26,29-57H2,1-3H3/b18-15-,19-16-,27-24-,28-25-. The molecule has 0 spiro atoms. The van der Waals surface area contributed by atoms with Gasteiger partial charge in [0.15, 0.2) is 6.10 Å². The summed E-state index contributed by atoms with van der Waals surface area (Å²) < 4.78 is 16.9. The van der Waals surface area contributed by atoms with E-state index in [0.717, 1.165) is 83.5 Å². The number of carbonyl (C=O) groups is 3. The van der Waals surface area contributed by atoms with E-state index in [1.54, 1.807) is 0 Å². The summed E-state index contributed by atoms with van der Waals surface area (Å²) in [5, 5.41) is 0. The van der Waals surface area contributed by atoms with Gasteiger partial charge in [-0.15, -0.1) is 0 Å². The normalized spacial score (nSPS) is 12.3. The molecule has 67 heavy (non-hydrogen) atoms. The third-order valence-corrected chi connectivity index (χ3v) is 12.8. The first-order valence-corrected chi connectivity index (χ1v) is 29.1. The van der Waals surface area contributed by atoms with Crippen LogP contribution in [0.2, 0.25) is 0 Å². The third kappa shape index (κ3) is 54.2. The fraction of sp³-hybridized carbons (Fsp3) is 0.820.